The van der Waals surface area contributed by atoms with Crippen molar-refractivity contribution in [1.29, 1.82) is 0 Å². The maximum absolute atomic E-state index is 13.1. The number of sulfonamides is 1. The van der Waals surface area contributed by atoms with Gasteiger partial charge in [-0.15, -0.1) is 0 Å². The lowest BCUT2D eigenvalue weighted by molar-refractivity contribution is 0.406. The Hall–Kier alpha value is -2.05. The number of benzene rings is 2. The molecule has 0 aliphatic rings. The van der Waals surface area contributed by atoms with E-state index in [9.17, 15) is 8.42 Å². The molecular weight excluding hydrogens is 374 g/mol. The summed E-state index contributed by atoms with van der Waals surface area (Å²) in [5, 5.41) is 0. The molecule has 0 aromatic heterocycles. The Bertz CT molecular complexity index is 965. The molecule has 0 saturated heterocycles. The fourth-order valence-electron chi connectivity index (χ4n) is 3.45. The van der Waals surface area contributed by atoms with Crippen LogP contribution in [0.5, 0.6) is 11.5 Å². The van der Waals surface area contributed by atoms with E-state index in [0.29, 0.717) is 11.3 Å². The average Bonchev–Trinajstić information content (AvgIpc) is 2.62. The van der Waals surface area contributed by atoms with Crippen LogP contribution in [0.4, 0.5) is 0 Å². The van der Waals surface area contributed by atoms with Crippen LogP contribution in [0, 0.1) is 20.8 Å². The quantitative estimate of drug-likeness (QED) is 0.719. The Balaban J connectivity index is 2.43. The van der Waals surface area contributed by atoms with E-state index in [-0.39, 0.29) is 16.9 Å². The normalized spacial score (nSPS) is 12.9. The molecule has 154 valence electrons. The van der Waals surface area contributed by atoms with Crippen LogP contribution in [-0.2, 0) is 10.0 Å². The van der Waals surface area contributed by atoms with Gasteiger partial charge in [0.15, 0.2) is 0 Å². The number of aryl methyl sites for hydroxylation is 1. The van der Waals surface area contributed by atoms with Gasteiger partial charge in [-0.25, -0.2) is 13.1 Å². The van der Waals surface area contributed by atoms with Crippen molar-refractivity contribution in [2.75, 3.05) is 14.2 Å². The summed E-state index contributed by atoms with van der Waals surface area (Å²) in [6, 6.07) is 6.92. The van der Waals surface area contributed by atoms with Gasteiger partial charge in [0, 0.05) is 6.04 Å². The lowest BCUT2D eigenvalue weighted by atomic mass is 9.94. The fraction of sp³-hybridized carbons (Fsp3) is 0.455. The van der Waals surface area contributed by atoms with Crippen molar-refractivity contribution in [3.8, 4) is 11.5 Å². The van der Waals surface area contributed by atoms with Crippen LogP contribution in [0.3, 0.4) is 0 Å². The van der Waals surface area contributed by atoms with Crippen molar-refractivity contribution in [2.24, 2.45) is 0 Å². The monoisotopic (exact) mass is 405 g/mol. The Labute approximate surface area is 169 Å². The van der Waals surface area contributed by atoms with Crippen molar-refractivity contribution in [3.63, 3.8) is 0 Å². The molecule has 2 aromatic rings. The predicted molar refractivity (Wildman–Crippen MR) is 113 cm³/mol. The maximum Gasteiger partial charge on any atom is 0.241 e. The summed E-state index contributed by atoms with van der Waals surface area (Å²) in [5.41, 5.74) is 4.50. The standard InChI is InChI=1S/C22H31NO4S/c1-13(2)18-12-19(14(3)11-21(18)27-8)17(6)23-28(24,25)22-10-9-20(26-7)15(4)16(22)5/h9-13,17,23H,1-8H3. The van der Waals surface area contributed by atoms with Gasteiger partial charge in [-0.1, -0.05) is 13.8 Å². The summed E-state index contributed by atoms with van der Waals surface area (Å²) in [4.78, 5) is 0.271. The second kappa shape index (κ2) is 8.53. The molecule has 0 amide bonds. The number of ether oxygens (including phenoxy) is 2. The second-order valence-corrected chi connectivity index (χ2v) is 9.15. The van der Waals surface area contributed by atoms with Crippen LogP contribution in [0.25, 0.3) is 0 Å². The molecule has 2 aromatic carbocycles. The minimum Gasteiger partial charge on any atom is -0.496 e. The predicted octanol–water partition coefficient (Wildman–Crippen LogP) is 4.79. The molecule has 0 radical (unpaired) electrons. The zero-order valence-electron chi connectivity index (χ0n) is 18.0. The molecule has 0 saturated carbocycles. The molecule has 0 heterocycles. The van der Waals surface area contributed by atoms with Crippen molar-refractivity contribution in [1.82, 2.24) is 4.72 Å². The van der Waals surface area contributed by atoms with Crippen molar-refractivity contribution < 1.29 is 17.9 Å². The maximum atomic E-state index is 13.1. The number of rotatable bonds is 7. The van der Waals surface area contributed by atoms with Gasteiger partial charge >= 0.3 is 0 Å². The van der Waals surface area contributed by atoms with E-state index in [0.717, 1.165) is 28.0 Å². The first-order chi connectivity index (χ1) is 13.0. The zero-order valence-corrected chi connectivity index (χ0v) is 18.8. The van der Waals surface area contributed by atoms with E-state index in [1.807, 2.05) is 32.9 Å². The highest BCUT2D eigenvalue weighted by atomic mass is 32.2. The van der Waals surface area contributed by atoms with Gasteiger partial charge in [-0.05, 0) is 85.7 Å². The average molecular weight is 406 g/mol. The smallest absolute Gasteiger partial charge is 0.241 e. The fourth-order valence-corrected chi connectivity index (χ4v) is 4.98. The molecule has 6 heteroatoms. The number of hydrogen-bond donors (Lipinski definition) is 1. The molecule has 2 rings (SSSR count). The van der Waals surface area contributed by atoms with Gasteiger partial charge in [0.25, 0.3) is 0 Å². The SMILES string of the molecule is COc1cc(C)c(C(C)NS(=O)(=O)c2ccc(OC)c(C)c2C)cc1C(C)C. The molecule has 0 aliphatic heterocycles. The highest BCUT2D eigenvalue weighted by Gasteiger charge is 2.24. The third-order valence-corrected chi connectivity index (χ3v) is 6.92. The first-order valence-electron chi connectivity index (χ1n) is 9.38. The van der Waals surface area contributed by atoms with Gasteiger partial charge < -0.3 is 9.47 Å². The minimum absolute atomic E-state index is 0.268. The van der Waals surface area contributed by atoms with E-state index in [1.165, 1.54) is 0 Å². The van der Waals surface area contributed by atoms with E-state index in [2.05, 4.69) is 18.6 Å². The number of methoxy groups -OCH3 is 2. The number of nitrogens with one attached hydrogen (secondary N) is 1. The summed E-state index contributed by atoms with van der Waals surface area (Å²) < 4.78 is 39.7. The van der Waals surface area contributed by atoms with E-state index < -0.39 is 10.0 Å². The molecule has 28 heavy (non-hydrogen) atoms. The first-order valence-corrected chi connectivity index (χ1v) is 10.9. The third-order valence-electron chi connectivity index (χ3n) is 5.24. The topological polar surface area (TPSA) is 64.6 Å². The Morgan fingerprint density at radius 1 is 0.857 bits per heavy atom. The zero-order chi connectivity index (χ0) is 21.2. The van der Waals surface area contributed by atoms with E-state index in [1.54, 1.807) is 33.3 Å². The molecule has 0 fully saturated rings. The first kappa shape index (κ1) is 22.2. The van der Waals surface area contributed by atoms with Crippen LogP contribution in [0.15, 0.2) is 29.2 Å². The summed E-state index contributed by atoms with van der Waals surface area (Å²) in [7, 11) is -0.456. The highest BCUT2D eigenvalue weighted by Crippen LogP contribution is 2.33. The molecule has 0 aliphatic carbocycles. The lowest BCUT2D eigenvalue weighted by Gasteiger charge is -2.22. The molecule has 1 unspecified atom stereocenters. The second-order valence-electron chi connectivity index (χ2n) is 7.46. The van der Waals surface area contributed by atoms with Crippen LogP contribution in [0.1, 0.15) is 60.5 Å². The Morgan fingerprint density at radius 3 is 2.00 bits per heavy atom. The summed E-state index contributed by atoms with van der Waals surface area (Å²) in [6.07, 6.45) is 0. The largest absolute Gasteiger partial charge is 0.496 e. The van der Waals surface area contributed by atoms with Crippen LogP contribution in [-0.4, -0.2) is 22.6 Å². The van der Waals surface area contributed by atoms with Gasteiger partial charge in [0.2, 0.25) is 10.0 Å². The van der Waals surface area contributed by atoms with Gasteiger partial charge in [-0.3, -0.25) is 0 Å². The van der Waals surface area contributed by atoms with Crippen molar-refractivity contribution in [2.45, 2.75) is 58.4 Å². The molecule has 1 N–H and O–H groups in total. The van der Waals surface area contributed by atoms with Crippen molar-refractivity contribution in [3.05, 3.63) is 52.1 Å². The third kappa shape index (κ3) is 4.33. The van der Waals surface area contributed by atoms with Crippen LogP contribution < -0.4 is 14.2 Å². The van der Waals surface area contributed by atoms with Gasteiger partial charge in [0.1, 0.15) is 11.5 Å². The van der Waals surface area contributed by atoms with Gasteiger partial charge in [0.05, 0.1) is 19.1 Å². The molecule has 5 nitrogen and oxygen atoms in total. The van der Waals surface area contributed by atoms with Crippen LogP contribution >= 0.6 is 0 Å². The Kier molecular flexibility index (Phi) is 6.78. The van der Waals surface area contributed by atoms with E-state index >= 15 is 0 Å². The van der Waals surface area contributed by atoms with Crippen LogP contribution in [0.2, 0.25) is 0 Å². The summed E-state index contributed by atoms with van der Waals surface area (Å²) in [5.74, 6) is 1.77. The summed E-state index contributed by atoms with van der Waals surface area (Å²) >= 11 is 0. The minimum atomic E-state index is -3.69. The highest BCUT2D eigenvalue weighted by molar-refractivity contribution is 7.89. The lowest BCUT2D eigenvalue weighted by Crippen LogP contribution is -2.28. The van der Waals surface area contributed by atoms with Crippen molar-refractivity contribution >= 4 is 10.0 Å². The summed E-state index contributed by atoms with van der Waals surface area (Å²) in [6.45, 7) is 11.7. The Morgan fingerprint density at radius 2 is 1.46 bits per heavy atom. The van der Waals surface area contributed by atoms with Gasteiger partial charge in [-0.2, -0.15) is 0 Å². The molecule has 0 bridgehead atoms. The number of hydrogen-bond acceptors (Lipinski definition) is 4. The van der Waals surface area contributed by atoms with E-state index in [4.69, 9.17) is 9.47 Å². The molecule has 0 spiro atoms. The molecule has 1 atom stereocenters. The molecular formula is C22H31NO4S.